The van der Waals surface area contributed by atoms with Crippen molar-refractivity contribution in [3.8, 4) is 0 Å². The molecule has 0 saturated heterocycles. The van der Waals surface area contributed by atoms with Gasteiger partial charge in [-0.3, -0.25) is 0 Å². The van der Waals surface area contributed by atoms with Gasteiger partial charge in [-0.05, 0) is 5.56 Å². The van der Waals surface area contributed by atoms with E-state index in [0.29, 0.717) is 11.2 Å². The predicted molar refractivity (Wildman–Crippen MR) is 42.6 cm³/mol. The van der Waals surface area contributed by atoms with Crippen LogP contribution in [-0.2, 0) is 11.2 Å². The largest absolute Gasteiger partial charge is 1.00 e. The monoisotopic (exact) mass is 183 g/mol. The minimum absolute atomic E-state index is 0. The van der Waals surface area contributed by atoms with Gasteiger partial charge in [0.25, 0.3) is 0 Å². The number of aromatic amines is 1. The molecular formula is C8H6LiN3O2. The van der Waals surface area contributed by atoms with Crippen LogP contribution in [0.3, 0.4) is 0 Å². The number of hydrogen-bond acceptors (Lipinski definition) is 4. The van der Waals surface area contributed by atoms with Crippen LogP contribution in [0.25, 0.3) is 11.0 Å². The van der Waals surface area contributed by atoms with Crippen LogP contribution in [0.2, 0.25) is 0 Å². The van der Waals surface area contributed by atoms with Crippen molar-refractivity contribution in [3.05, 3.63) is 24.3 Å². The number of H-pyrrole nitrogens is 1. The number of carbonyl (C=O) groups excluding carboxylic acids is 1. The van der Waals surface area contributed by atoms with Crippen LogP contribution in [0, 0.1) is 0 Å². The Hall–Kier alpha value is -1.31. The Labute approximate surface area is 91.7 Å². The van der Waals surface area contributed by atoms with E-state index in [4.69, 9.17) is 0 Å². The molecule has 2 rings (SSSR count). The number of hydrogen-bond donors (Lipinski definition) is 1. The first-order valence-corrected chi connectivity index (χ1v) is 3.73. The summed E-state index contributed by atoms with van der Waals surface area (Å²) in [5, 5.41) is 11.1. The Morgan fingerprint density at radius 1 is 1.57 bits per heavy atom. The zero-order valence-electron chi connectivity index (χ0n) is 7.65. The molecule has 0 unspecified atom stereocenters. The van der Waals surface area contributed by atoms with E-state index in [-0.39, 0.29) is 25.3 Å². The minimum Gasteiger partial charge on any atom is -0.550 e. The molecule has 2 heterocycles. The summed E-state index contributed by atoms with van der Waals surface area (Å²) in [6.07, 6.45) is 4.47. The predicted octanol–water partition coefficient (Wildman–Crippen LogP) is -3.75. The Balaban J connectivity index is 0.000000980. The van der Waals surface area contributed by atoms with Gasteiger partial charge in [0.05, 0.1) is 0 Å². The zero-order valence-corrected chi connectivity index (χ0v) is 7.65. The van der Waals surface area contributed by atoms with Gasteiger partial charge in [-0.15, -0.1) is 0 Å². The number of fused-ring (bicyclic) bond motifs is 1. The number of rotatable bonds is 2. The SMILES string of the molecule is O=C([O-])Cc1c[nH]c2ncncc12.[Li+]. The van der Waals surface area contributed by atoms with Crippen molar-refractivity contribution in [3.63, 3.8) is 0 Å². The molecule has 5 nitrogen and oxygen atoms in total. The molecule has 14 heavy (non-hydrogen) atoms. The molecule has 0 amide bonds. The Kier molecular flexibility index (Phi) is 3.28. The van der Waals surface area contributed by atoms with Crippen LogP contribution >= 0.6 is 0 Å². The molecule has 0 radical (unpaired) electrons. The summed E-state index contributed by atoms with van der Waals surface area (Å²) in [5.41, 5.74) is 1.29. The van der Waals surface area contributed by atoms with Gasteiger partial charge < -0.3 is 14.9 Å². The summed E-state index contributed by atoms with van der Waals surface area (Å²) in [6, 6.07) is 0. The third kappa shape index (κ3) is 1.95. The van der Waals surface area contributed by atoms with Gasteiger partial charge in [0.2, 0.25) is 0 Å². The summed E-state index contributed by atoms with van der Waals surface area (Å²) in [4.78, 5) is 20.9. The summed E-state index contributed by atoms with van der Waals surface area (Å²) >= 11 is 0. The van der Waals surface area contributed by atoms with E-state index in [9.17, 15) is 9.90 Å². The van der Waals surface area contributed by atoms with Gasteiger partial charge in [-0.25, -0.2) is 9.97 Å². The van der Waals surface area contributed by atoms with E-state index in [0.717, 1.165) is 5.39 Å². The van der Waals surface area contributed by atoms with Gasteiger partial charge >= 0.3 is 18.9 Å². The molecule has 6 heteroatoms. The normalized spacial score (nSPS) is 9.71. The maximum atomic E-state index is 10.3. The molecule has 0 aliphatic heterocycles. The van der Waals surface area contributed by atoms with Crippen molar-refractivity contribution < 1.29 is 28.8 Å². The molecule has 0 aromatic carbocycles. The third-order valence-electron chi connectivity index (χ3n) is 1.78. The second kappa shape index (κ2) is 4.27. The molecule has 0 aliphatic rings. The Morgan fingerprint density at radius 3 is 3.07 bits per heavy atom. The molecule has 66 valence electrons. The zero-order chi connectivity index (χ0) is 9.26. The van der Waals surface area contributed by atoms with Crippen LogP contribution in [0.5, 0.6) is 0 Å². The standard InChI is InChI=1S/C8H7N3O2.Li/c12-7(13)1-5-2-10-8-6(5)3-9-4-11-8;/h2-4H,1H2,(H,12,13)(H,9,10,11);/q;+1/p-1. The molecule has 0 spiro atoms. The molecule has 1 N–H and O–H groups in total. The van der Waals surface area contributed by atoms with E-state index >= 15 is 0 Å². The van der Waals surface area contributed by atoms with E-state index in [2.05, 4.69) is 15.0 Å². The number of aromatic nitrogens is 3. The summed E-state index contributed by atoms with van der Waals surface area (Å²) in [5.74, 6) is -1.11. The van der Waals surface area contributed by atoms with Crippen LogP contribution in [-0.4, -0.2) is 20.9 Å². The Bertz CT molecular complexity index is 455. The molecule has 0 bridgehead atoms. The van der Waals surface area contributed by atoms with E-state index in [1.165, 1.54) is 6.33 Å². The van der Waals surface area contributed by atoms with Crippen molar-refractivity contribution >= 4 is 17.0 Å². The molecule has 0 aliphatic carbocycles. The van der Waals surface area contributed by atoms with E-state index in [1.54, 1.807) is 12.4 Å². The van der Waals surface area contributed by atoms with Crippen molar-refractivity contribution in [2.45, 2.75) is 6.42 Å². The fourth-order valence-electron chi connectivity index (χ4n) is 1.21. The van der Waals surface area contributed by atoms with Crippen molar-refractivity contribution in [2.24, 2.45) is 0 Å². The first kappa shape index (κ1) is 10.8. The first-order chi connectivity index (χ1) is 6.27. The topological polar surface area (TPSA) is 81.7 Å². The number of aliphatic carboxylic acids is 1. The van der Waals surface area contributed by atoms with Crippen molar-refractivity contribution in [1.29, 1.82) is 0 Å². The van der Waals surface area contributed by atoms with Gasteiger partial charge in [-0.1, -0.05) is 0 Å². The molecule has 0 saturated carbocycles. The summed E-state index contributed by atoms with van der Waals surface area (Å²) < 4.78 is 0. The van der Waals surface area contributed by atoms with Gasteiger partial charge in [0.15, 0.2) is 0 Å². The average molecular weight is 183 g/mol. The fraction of sp³-hybridized carbons (Fsp3) is 0.125. The van der Waals surface area contributed by atoms with Crippen LogP contribution < -0.4 is 24.0 Å². The summed E-state index contributed by atoms with van der Waals surface area (Å²) in [6.45, 7) is 0. The van der Waals surface area contributed by atoms with Crippen molar-refractivity contribution in [2.75, 3.05) is 0 Å². The second-order valence-corrected chi connectivity index (χ2v) is 2.65. The minimum atomic E-state index is -1.11. The van der Waals surface area contributed by atoms with E-state index in [1.807, 2.05) is 0 Å². The number of nitrogens with zero attached hydrogens (tertiary/aromatic N) is 2. The fourth-order valence-corrected chi connectivity index (χ4v) is 1.21. The molecular weight excluding hydrogens is 177 g/mol. The van der Waals surface area contributed by atoms with Crippen molar-refractivity contribution in [1.82, 2.24) is 15.0 Å². The molecule has 2 aromatic rings. The molecule has 2 aromatic heterocycles. The smallest absolute Gasteiger partial charge is 0.550 e. The first-order valence-electron chi connectivity index (χ1n) is 3.73. The van der Waals surface area contributed by atoms with Crippen LogP contribution in [0.4, 0.5) is 0 Å². The maximum absolute atomic E-state index is 10.3. The summed E-state index contributed by atoms with van der Waals surface area (Å²) in [7, 11) is 0. The maximum Gasteiger partial charge on any atom is 1.00 e. The van der Waals surface area contributed by atoms with Crippen LogP contribution in [0.1, 0.15) is 5.56 Å². The second-order valence-electron chi connectivity index (χ2n) is 2.65. The Morgan fingerprint density at radius 2 is 2.36 bits per heavy atom. The molecule has 0 atom stereocenters. The van der Waals surface area contributed by atoms with E-state index < -0.39 is 5.97 Å². The number of carboxylic acid groups (broad SMARTS) is 1. The van der Waals surface area contributed by atoms with Crippen LogP contribution in [0.15, 0.2) is 18.7 Å². The average Bonchev–Trinajstić information content (AvgIpc) is 2.48. The number of carbonyl (C=O) groups is 1. The van der Waals surface area contributed by atoms with Gasteiger partial charge in [-0.2, -0.15) is 0 Å². The third-order valence-corrected chi connectivity index (χ3v) is 1.78. The van der Waals surface area contributed by atoms with Gasteiger partial charge in [0.1, 0.15) is 12.0 Å². The number of nitrogens with one attached hydrogen (secondary N) is 1. The molecule has 0 fully saturated rings. The van der Waals surface area contributed by atoms with Gasteiger partial charge in [0, 0.05) is 30.2 Å². The quantitative estimate of drug-likeness (QED) is 0.485. The number of carboxylic acids is 1.